The first-order valence-corrected chi connectivity index (χ1v) is 7.27. The highest BCUT2D eigenvalue weighted by molar-refractivity contribution is 5.76. The van der Waals surface area contributed by atoms with E-state index in [-0.39, 0.29) is 5.91 Å². The zero-order chi connectivity index (χ0) is 15.5. The number of nitrogens with zero attached hydrogens (tertiary/aromatic N) is 1. The highest BCUT2D eigenvalue weighted by atomic mass is 16.5. The van der Waals surface area contributed by atoms with Gasteiger partial charge in [0, 0.05) is 25.8 Å². The molecule has 0 spiro atoms. The van der Waals surface area contributed by atoms with E-state index < -0.39 is 0 Å². The van der Waals surface area contributed by atoms with Crippen molar-refractivity contribution in [3.8, 4) is 11.8 Å². The van der Waals surface area contributed by atoms with Crippen LogP contribution in [0.5, 0.6) is 0 Å². The molecule has 2 N–H and O–H groups in total. The highest BCUT2D eigenvalue weighted by Crippen LogP contribution is 2.10. The summed E-state index contributed by atoms with van der Waals surface area (Å²) in [5, 5.41) is 0. The van der Waals surface area contributed by atoms with Crippen LogP contribution in [0.2, 0.25) is 0 Å². The van der Waals surface area contributed by atoms with E-state index in [4.69, 9.17) is 10.5 Å². The van der Waals surface area contributed by atoms with E-state index in [1.54, 1.807) is 11.9 Å². The number of ether oxygens (including phenoxy) is 1. The first kappa shape index (κ1) is 17.2. The first-order valence-electron chi connectivity index (χ1n) is 7.27. The second-order valence-electron chi connectivity index (χ2n) is 4.78. The lowest BCUT2D eigenvalue weighted by Gasteiger charge is -2.18. The summed E-state index contributed by atoms with van der Waals surface area (Å²) in [5.41, 5.74) is 7.36. The van der Waals surface area contributed by atoms with Crippen molar-refractivity contribution < 1.29 is 9.53 Å². The fourth-order valence-electron chi connectivity index (χ4n) is 1.87. The predicted molar refractivity (Wildman–Crippen MR) is 84.6 cm³/mol. The molecule has 0 atom stereocenters. The normalized spacial score (nSPS) is 9.86. The van der Waals surface area contributed by atoms with Crippen LogP contribution in [0.4, 0.5) is 0 Å². The quantitative estimate of drug-likeness (QED) is 0.614. The molecule has 0 saturated heterocycles. The Labute approximate surface area is 127 Å². The number of hydrogen-bond donors (Lipinski definition) is 1. The van der Waals surface area contributed by atoms with E-state index in [9.17, 15) is 4.79 Å². The molecule has 0 heterocycles. The summed E-state index contributed by atoms with van der Waals surface area (Å²) in [5.74, 6) is 5.97. The summed E-state index contributed by atoms with van der Waals surface area (Å²) >= 11 is 0. The van der Waals surface area contributed by atoms with Gasteiger partial charge < -0.3 is 15.4 Å². The molecule has 1 rings (SSSR count). The van der Waals surface area contributed by atoms with Crippen molar-refractivity contribution in [3.63, 3.8) is 0 Å². The molecule has 0 aliphatic carbocycles. The smallest absolute Gasteiger partial charge is 0.224 e. The Morgan fingerprint density at radius 3 is 2.81 bits per heavy atom. The van der Waals surface area contributed by atoms with E-state index in [0.29, 0.717) is 32.7 Å². The molecule has 0 unspecified atom stereocenters. The summed E-state index contributed by atoms with van der Waals surface area (Å²) in [6.45, 7) is 4.10. The molecule has 0 aromatic heterocycles. The van der Waals surface area contributed by atoms with Crippen LogP contribution in [-0.4, -0.2) is 37.6 Å². The predicted octanol–water partition coefficient (Wildman–Crippen LogP) is 1.77. The van der Waals surface area contributed by atoms with E-state index in [2.05, 4.69) is 11.8 Å². The molecule has 0 fully saturated rings. The lowest BCUT2D eigenvalue weighted by Crippen LogP contribution is -2.27. The van der Waals surface area contributed by atoms with Crippen molar-refractivity contribution in [2.45, 2.75) is 26.3 Å². The molecule has 1 amide bonds. The molecule has 0 aliphatic rings. The van der Waals surface area contributed by atoms with Crippen molar-refractivity contribution in [2.75, 3.05) is 26.8 Å². The molecule has 0 radical (unpaired) electrons. The number of carbonyl (C=O) groups excluding carboxylic acids is 1. The van der Waals surface area contributed by atoms with Gasteiger partial charge in [-0.05, 0) is 18.1 Å². The topological polar surface area (TPSA) is 55.6 Å². The molecule has 4 heteroatoms. The van der Waals surface area contributed by atoms with Crippen molar-refractivity contribution in [2.24, 2.45) is 5.73 Å². The van der Waals surface area contributed by atoms with Crippen LogP contribution in [0, 0.1) is 11.8 Å². The van der Waals surface area contributed by atoms with E-state index in [0.717, 1.165) is 17.5 Å². The second kappa shape index (κ2) is 9.98. The molecule has 0 saturated carbocycles. The van der Waals surface area contributed by atoms with E-state index in [1.807, 2.05) is 31.2 Å². The van der Waals surface area contributed by atoms with Crippen LogP contribution < -0.4 is 5.73 Å². The fourth-order valence-corrected chi connectivity index (χ4v) is 1.87. The van der Waals surface area contributed by atoms with Gasteiger partial charge >= 0.3 is 0 Å². The molecule has 1 aromatic carbocycles. The minimum atomic E-state index is 0.0766. The Bertz CT molecular complexity index is 503. The average Bonchev–Trinajstić information content (AvgIpc) is 2.50. The number of carbonyl (C=O) groups is 1. The van der Waals surface area contributed by atoms with Gasteiger partial charge in [0.15, 0.2) is 0 Å². The minimum absolute atomic E-state index is 0.0766. The molecule has 21 heavy (non-hydrogen) atoms. The summed E-state index contributed by atoms with van der Waals surface area (Å²) in [7, 11) is 1.80. The van der Waals surface area contributed by atoms with Gasteiger partial charge in [-0.3, -0.25) is 4.79 Å². The van der Waals surface area contributed by atoms with Gasteiger partial charge in [0.05, 0.1) is 19.6 Å². The molecule has 1 aromatic rings. The summed E-state index contributed by atoms with van der Waals surface area (Å²) in [4.78, 5) is 13.7. The number of rotatable bonds is 7. The Morgan fingerprint density at radius 2 is 2.10 bits per heavy atom. The van der Waals surface area contributed by atoms with Gasteiger partial charge in [0.25, 0.3) is 0 Å². The van der Waals surface area contributed by atoms with Crippen LogP contribution >= 0.6 is 0 Å². The third-order valence-corrected chi connectivity index (χ3v) is 2.98. The van der Waals surface area contributed by atoms with Crippen LogP contribution in [-0.2, 0) is 16.1 Å². The lowest BCUT2D eigenvalue weighted by atomic mass is 10.1. The maximum absolute atomic E-state index is 12.0. The maximum Gasteiger partial charge on any atom is 0.224 e. The van der Waals surface area contributed by atoms with E-state index in [1.165, 1.54) is 0 Å². The highest BCUT2D eigenvalue weighted by Gasteiger charge is 2.10. The molecular weight excluding hydrogens is 264 g/mol. The number of benzene rings is 1. The second-order valence-corrected chi connectivity index (χ2v) is 4.78. The minimum Gasteiger partial charge on any atom is -0.381 e. The fraction of sp³-hybridized carbons (Fsp3) is 0.471. The van der Waals surface area contributed by atoms with Crippen LogP contribution in [0.3, 0.4) is 0 Å². The van der Waals surface area contributed by atoms with Gasteiger partial charge in [-0.25, -0.2) is 0 Å². The zero-order valence-electron chi connectivity index (χ0n) is 12.9. The van der Waals surface area contributed by atoms with Crippen molar-refractivity contribution in [1.29, 1.82) is 0 Å². The van der Waals surface area contributed by atoms with Crippen LogP contribution in [0.1, 0.15) is 30.9 Å². The largest absolute Gasteiger partial charge is 0.381 e. The van der Waals surface area contributed by atoms with Crippen LogP contribution in [0.15, 0.2) is 24.3 Å². The number of amides is 1. The maximum atomic E-state index is 12.0. The zero-order valence-corrected chi connectivity index (χ0v) is 12.9. The Hall–Kier alpha value is -1.83. The standard InChI is InChI=1S/C17H24N2O2/c1-3-12-21-13-10-17(20)19(2)14-16-8-5-4-7-15(16)9-6-11-18/h4-5,7-8H,3,10-14,18H2,1-2H3. The molecule has 4 nitrogen and oxygen atoms in total. The molecule has 0 aliphatic heterocycles. The van der Waals surface area contributed by atoms with Crippen molar-refractivity contribution in [1.82, 2.24) is 4.90 Å². The summed E-state index contributed by atoms with van der Waals surface area (Å²) < 4.78 is 5.35. The van der Waals surface area contributed by atoms with Gasteiger partial charge in [-0.1, -0.05) is 37.0 Å². The lowest BCUT2D eigenvalue weighted by molar-refractivity contribution is -0.131. The third-order valence-electron chi connectivity index (χ3n) is 2.98. The number of hydrogen-bond acceptors (Lipinski definition) is 3. The SMILES string of the molecule is CCCOCCC(=O)N(C)Cc1ccccc1C#CCN. The molecular formula is C17H24N2O2. The summed E-state index contributed by atoms with van der Waals surface area (Å²) in [6, 6.07) is 7.81. The van der Waals surface area contributed by atoms with Gasteiger partial charge in [-0.15, -0.1) is 0 Å². The molecule has 0 bridgehead atoms. The summed E-state index contributed by atoms with van der Waals surface area (Å²) in [6.07, 6.45) is 1.38. The number of nitrogens with two attached hydrogens (primary N) is 1. The van der Waals surface area contributed by atoms with Crippen molar-refractivity contribution in [3.05, 3.63) is 35.4 Å². The Morgan fingerprint density at radius 1 is 1.33 bits per heavy atom. The van der Waals surface area contributed by atoms with E-state index >= 15 is 0 Å². The Balaban J connectivity index is 2.57. The monoisotopic (exact) mass is 288 g/mol. The van der Waals surface area contributed by atoms with Gasteiger partial charge in [0.1, 0.15) is 0 Å². The van der Waals surface area contributed by atoms with Crippen molar-refractivity contribution >= 4 is 5.91 Å². The van der Waals surface area contributed by atoms with Gasteiger partial charge in [-0.2, -0.15) is 0 Å². The Kier molecular flexibility index (Phi) is 8.18. The average molecular weight is 288 g/mol. The third kappa shape index (κ3) is 6.44. The molecule has 114 valence electrons. The van der Waals surface area contributed by atoms with Crippen LogP contribution in [0.25, 0.3) is 0 Å². The van der Waals surface area contributed by atoms with Gasteiger partial charge in [0.2, 0.25) is 5.91 Å². The first-order chi connectivity index (χ1) is 10.2.